The van der Waals surface area contributed by atoms with Crippen LogP contribution in [0.1, 0.15) is 61.7 Å². The third kappa shape index (κ3) is 4.89. The summed E-state index contributed by atoms with van der Waals surface area (Å²) in [4.78, 5) is 32.5. The van der Waals surface area contributed by atoms with E-state index in [0.29, 0.717) is 17.9 Å². The second kappa shape index (κ2) is 9.97. The number of pyridine rings is 1. The van der Waals surface area contributed by atoms with Gasteiger partial charge in [0.1, 0.15) is 11.5 Å². The number of hydrogen-bond acceptors (Lipinski definition) is 5. The van der Waals surface area contributed by atoms with Crippen molar-refractivity contribution in [3.8, 4) is 5.75 Å². The van der Waals surface area contributed by atoms with Crippen molar-refractivity contribution in [2.75, 3.05) is 6.61 Å². The van der Waals surface area contributed by atoms with Crippen molar-refractivity contribution in [1.29, 1.82) is 0 Å². The number of nitrogens with zero attached hydrogens (tertiary/aromatic N) is 2. The quantitative estimate of drug-likeness (QED) is 0.275. The van der Waals surface area contributed by atoms with E-state index in [-0.39, 0.29) is 23.3 Å². The number of amides is 1. The highest BCUT2D eigenvalue weighted by Gasteiger charge is 2.46. The van der Waals surface area contributed by atoms with E-state index >= 15 is 0 Å². The fourth-order valence-corrected chi connectivity index (χ4v) is 4.60. The van der Waals surface area contributed by atoms with Gasteiger partial charge >= 0.3 is 0 Å². The van der Waals surface area contributed by atoms with Crippen molar-refractivity contribution in [2.45, 2.75) is 52.6 Å². The first-order valence-corrected chi connectivity index (χ1v) is 12.1. The van der Waals surface area contributed by atoms with Crippen LogP contribution in [0.5, 0.6) is 5.75 Å². The van der Waals surface area contributed by atoms with Gasteiger partial charge in [-0.3, -0.25) is 14.6 Å². The van der Waals surface area contributed by atoms with Gasteiger partial charge in [-0.25, -0.2) is 0 Å². The molecule has 0 radical (unpaired) electrons. The monoisotopic (exact) mass is 484 g/mol. The number of Topliss-reactive ketones (excluding diaryl/α,β-unsaturated/α-hetero) is 1. The van der Waals surface area contributed by atoms with Gasteiger partial charge in [-0.2, -0.15) is 0 Å². The van der Waals surface area contributed by atoms with Crippen LogP contribution in [0.15, 0.2) is 72.4 Å². The number of ketones is 1. The summed E-state index contributed by atoms with van der Waals surface area (Å²) in [5, 5.41) is 11.5. The van der Waals surface area contributed by atoms with Crippen LogP contribution in [0, 0.1) is 6.92 Å². The van der Waals surface area contributed by atoms with Crippen LogP contribution in [-0.2, 0) is 21.5 Å². The minimum Gasteiger partial charge on any atom is -0.507 e. The summed E-state index contributed by atoms with van der Waals surface area (Å²) in [6, 6.07) is 17.8. The molecule has 6 heteroatoms. The lowest BCUT2D eigenvalue weighted by Gasteiger charge is -2.26. The van der Waals surface area contributed by atoms with Crippen LogP contribution in [0.3, 0.4) is 0 Å². The fourth-order valence-electron chi connectivity index (χ4n) is 4.60. The van der Waals surface area contributed by atoms with E-state index in [1.807, 2.05) is 62.4 Å². The second-order valence-corrected chi connectivity index (χ2v) is 10.1. The molecule has 0 aliphatic carbocycles. The number of aliphatic hydroxyl groups excluding tert-OH is 1. The molecular formula is C30H32N2O4. The van der Waals surface area contributed by atoms with Gasteiger partial charge in [-0.15, -0.1) is 0 Å². The van der Waals surface area contributed by atoms with Gasteiger partial charge in [0.25, 0.3) is 11.7 Å². The maximum atomic E-state index is 13.4. The molecule has 2 aromatic carbocycles. The van der Waals surface area contributed by atoms with E-state index < -0.39 is 17.7 Å². The van der Waals surface area contributed by atoms with Gasteiger partial charge in [0.15, 0.2) is 0 Å². The molecule has 1 aromatic heterocycles. The predicted octanol–water partition coefficient (Wildman–Crippen LogP) is 5.71. The average Bonchev–Trinajstić information content (AvgIpc) is 3.09. The Morgan fingerprint density at radius 2 is 1.83 bits per heavy atom. The van der Waals surface area contributed by atoms with E-state index in [2.05, 4.69) is 25.8 Å². The molecule has 1 N–H and O–H groups in total. The topological polar surface area (TPSA) is 79.7 Å². The number of carbonyl (C=O) groups is 2. The smallest absolute Gasteiger partial charge is 0.296 e. The third-order valence-corrected chi connectivity index (χ3v) is 6.32. The molecule has 1 fully saturated rings. The summed E-state index contributed by atoms with van der Waals surface area (Å²) in [5.41, 5.74) is 3.60. The van der Waals surface area contributed by atoms with Gasteiger partial charge in [0.05, 0.1) is 30.5 Å². The predicted molar refractivity (Wildman–Crippen MR) is 140 cm³/mol. The normalized spacial score (nSPS) is 17.5. The molecule has 36 heavy (non-hydrogen) atoms. The zero-order chi connectivity index (χ0) is 26.0. The number of aliphatic hydroxyl groups is 1. The SMILES string of the molecule is CCOc1ccc(/C(O)=C2/C(=O)C(=O)N(Cc3ccccn3)C2c2cccc(C)c2)cc1C(C)(C)C. The molecule has 1 unspecified atom stereocenters. The molecule has 1 aliphatic rings. The first-order chi connectivity index (χ1) is 17.1. The highest BCUT2D eigenvalue weighted by atomic mass is 16.5. The number of carbonyl (C=O) groups excluding carboxylic acids is 2. The van der Waals surface area contributed by atoms with Gasteiger partial charge < -0.3 is 14.7 Å². The minimum atomic E-state index is -0.739. The Morgan fingerprint density at radius 1 is 1.06 bits per heavy atom. The molecule has 1 saturated heterocycles. The number of rotatable bonds is 6. The lowest BCUT2D eigenvalue weighted by atomic mass is 9.84. The van der Waals surface area contributed by atoms with Gasteiger partial charge in [-0.1, -0.05) is 56.7 Å². The highest BCUT2D eigenvalue weighted by Crippen LogP contribution is 2.41. The second-order valence-electron chi connectivity index (χ2n) is 10.1. The Kier molecular flexibility index (Phi) is 6.97. The minimum absolute atomic E-state index is 0.0746. The maximum Gasteiger partial charge on any atom is 0.296 e. The van der Waals surface area contributed by atoms with Crippen molar-refractivity contribution in [2.24, 2.45) is 0 Å². The molecule has 2 heterocycles. The Balaban J connectivity index is 1.89. The number of aromatic nitrogens is 1. The molecule has 1 atom stereocenters. The molecule has 1 amide bonds. The van der Waals surface area contributed by atoms with Gasteiger partial charge in [-0.05, 0) is 55.2 Å². The van der Waals surface area contributed by atoms with Crippen LogP contribution in [-0.4, -0.2) is 33.3 Å². The lowest BCUT2D eigenvalue weighted by Crippen LogP contribution is -2.29. The molecule has 6 nitrogen and oxygen atoms in total. The van der Waals surface area contributed by atoms with Gasteiger partial charge in [0, 0.05) is 17.3 Å². The Hall–Kier alpha value is -3.93. The molecule has 0 saturated carbocycles. The summed E-state index contributed by atoms with van der Waals surface area (Å²) < 4.78 is 5.82. The highest BCUT2D eigenvalue weighted by molar-refractivity contribution is 6.46. The number of likely N-dealkylation sites (tertiary alicyclic amines) is 1. The van der Waals surface area contributed by atoms with Crippen LogP contribution >= 0.6 is 0 Å². The number of aryl methyl sites for hydroxylation is 1. The Labute approximate surface area is 212 Å². The molecule has 0 spiro atoms. The van der Waals surface area contributed by atoms with Crippen molar-refractivity contribution in [3.63, 3.8) is 0 Å². The van der Waals surface area contributed by atoms with Crippen molar-refractivity contribution in [1.82, 2.24) is 9.88 Å². The summed E-state index contributed by atoms with van der Waals surface area (Å²) >= 11 is 0. The summed E-state index contributed by atoms with van der Waals surface area (Å²) in [7, 11) is 0. The lowest BCUT2D eigenvalue weighted by molar-refractivity contribution is -0.140. The molecule has 4 rings (SSSR count). The van der Waals surface area contributed by atoms with E-state index in [0.717, 1.165) is 22.4 Å². The molecule has 0 bridgehead atoms. The first kappa shape index (κ1) is 25.2. The molecule has 3 aromatic rings. The van der Waals surface area contributed by atoms with Gasteiger partial charge in [0.2, 0.25) is 0 Å². The fraction of sp³-hybridized carbons (Fsp3) is 0.300. The van der Waals surface area contributed by atoms with E-state index in [9.17, 15) is 14.7 Å². The molecular weight excluding hydrogens is 452 g/mol. The largest absolute Gasteiger partial charge is 0.507 e. The standard InChI is InChI=1S/C30H32N2O4/c1-6-36-24-14-13-21(17-23(24)30(3,4)5)27(33)25-26(20-11-9-10-19(2)16-20)32(29(35)28(25)34)18-22-12-7-8-15-31-22/h7-17,26,33H,6,18H2,1-5H3/b27-25-. The maximum absolute atomic E-state index is 13.4. The summed E-state index contributed by atoms with van der Waals surface area (Å²) in [6.45, 7) is 10.7. The van der Waals surface area contributed by atoms with E-state index in [1.165, 1.54) is 4.90 Å². The zero-order valence-electron chi connectivity index (χ0n) is 21.4. The Morgan fingerprint density at radius 3 is 2.47 bits per heavy atom. The number of hydrogen-bond donors (Lipinski definition) is 1. The zero-order valence-corrected chi connectivity index (χ0v) is 21.4. The first-order valence-electron chi connectivity index (χ1n) is 12.1. The van der Waals surface area contributed by atoms with Crippen molar-refractivity contribution >= 4 is 17.4 Å². The van der Waals surface area contributed by atoms with Crippen molar-refractivity contribution < 1.29 is 19.4 Å². The third-order valence-electron chi connectivity index (χ3n) is 6.32. The summed E-state index contributed by atoms with van der Waals surface area (Å²) in [6.07, 6.45) is 1.65. The van der Waals surface area contributed by atoms with Crippen LogP contribution in [0.2, 0.25) is 0 Å². The van der Waals surface area contributed by atoms with Crippen LogP contribution in [0.4, 0.5) is 0 Å². The number of benzene rings is 2. The molecule has 1 aliphatic heterocycles. The van der Waals surface area contributed by atoms with Crippen LogP contribution < -0.4 is 4.74 Å². The number of ether oxygens (including phenoxy) is 1. The van der Waals surface area contributed by atoms with E-state index in [1.54, 1.807) is 18.3 Å². The van der Waals surface area contributed by atoms with E-state index in [4.69, 9.17) is 4.74 Å². The average molecular weight is 485 g/mol. The van der Waals surface area contributed by atoms with Crippen LogP contribution in [0.25, 0.3) is 5.76 Å². The molecule has 186 valence electrons. The Bertz CT molecular complexity index is 1320. The van der Waals surface area contributed by atoms with Crippen molar-refractivity contribution in [3.05, 3.63) is 100 Å². The summed E-state index contributed by atoms with van der Waals surface area (Å²) in [5.74, 6) is -0.832.